The van der Waals surface area contributed by atoms with Crippen LogP contribution in [0.5, 0.6) is 0 Å². The molecule has 3 rings (SSSR count). The average Bonchev–Trinajstić information content (AvgIpc) is 2.84. The van der Waals surface area contributed by atoms with Crippen molar-refractivity contribution in [3.05, 3.63) is 11.3 Å². The van der Waals surface area contributed by atoms with Crippen LogP contribution >= 0.6 is 0 Å². The van der Waals surface area contributed by atoms with Gasteiger partial charge in [-0.2, -0.15) is 0 Å². The molecule has 5 unspecified atom stereocenters. The van der Waals surface area contributed by atoms with Crippen molar-refractivity contribution in [3.8, 4) is 0 Å². The number of rotatable bonds is 5. The van der Waals surface area contributed by atoms with E-state index in [1.165, 1.54) is 11.8 Å². The number of methoxy groups -OCH3 is 1. The number of aliphatic hydroxyl groups excluding tert-OH is 1. The molecule has 1 amide bonds. The van der Waals surface area contributed by atoms with Crippen molar-refractivity contribution in [2.45, 2.75) is 51.4 Å². The number of amides is 1. The lowest BCUT2D eigenvalue weighted by Gasteiger charge is -2.47. The number of carbonyl (C=O) groups is 3. The van der Waals surface area contributed by atoms with E-state index < -0.39 is 30.8 Å². The highest BCUT2D eigenvalue weighted by Gasteiger charge is 2.62. The standard InChI is InChI=1S/C17H23NO7/c1-8(19)12-14-10-5-4-6-11(23-3)13(10)15(18(14)16(12)21)17(22)25-7-24-9(2)20/h8,10-12,14,19H,4-7H2,1-3H3. The Morgan fingerprint density at radius 2 is 2.04 bits per heavy atom. The summed E-state index contributed by atoms with van der Waals surface area (Å²) in [5, 5.41) is 9.96. The van der Waals surface area contributed by atoms with Crippen molar-refractivity contribution >= 4 is 17.8 Å². The molecule has 25 heavy (non-hydrogen) atoms. The van der Waals surface area contributed by atoms with Crippen LogP contribution in [0.3, 0.4) is 0 Å². The van der Waals surface area contributed by atoms with Crippen molar-refractivity contribution < 1.29 is 33.7 Å². The van der Waals surface area contributed by atoms with Gasteiger partial charge in [-0.3, -0.25) is 9.59 Å². The summed E-state index contributed by atoms with van der Waals surface area (Å²) in [5.41, 5.74) is 0.957. The zero-order valence-corrected chi connectivity index (χ0v) is 14.6. The van der Waals surface area contributed by atoms with Gasteiger partial charge in [0.2, 0.25) is 12.7 Å². The number of ether oxygens (including phenoxy) is 3. The molecular weight excluding hydrogens is 330 g/mol. The van der Waals surface area contributed by atoms with E-state index in [2.05, 4.69) is 4.74 Å². The predicted molar refractivity (Wildman–Crippen MR) is 83.7 cm³/mol. The lowest BCUT2D eigenvalue weighted by atomic mass is 9.72. The maximum atomic E-state index is 12.6. The molecule has 3 aliphatic rings. The fourth-order valence-corrected chi connectivity index (χ4v) is 4.30. The smallest absolute Gasteiger partial charge is 0.357 e. The number of fused-ring (bicyclic) bond motifs is 3. The molecule has 2 heterocycles. The van der Waals surface area contributed by atoms with Crippen LogP contribution in [0.15, 0.2) is 11.3 Å². The third-order valence-electron chi connectivity index (χ3n) is 5.29. The van der Waals surface area contributed by atoms with E-state index in [1.54, 1.807) is 14.0 Å². The van der Waals surface area contributed by atoms with Gasteiger partial charge in [0.05, 0.1) is 24.2 Å². The average molecular weight is 353 g/mol. The Labute approximate surface area is 145 Å². The van der Waals surface area contributed by atoms with Crippen LogP contribution in [0.2, 0.25) is 0 Å². The second-order valence-electron chi connectivity index (χ2n) is 6.72. The summed E-state index contributed by atoms with van der Waals surface area (Å²) in [6, 6.07) is -0.239. The van der Waals surface area contributed by atoms with Gasteiger partial charge in [0.25, 0.3) is 0 Å². The summed E-state index contributed by atoms with van der Waals surface area (Å²) in [7, 11) is 1.57. The summed E-state index contributed by atoms with van der Waals surface area (Å²) in [6.07, 6.45) is 1.47. The number of hydrogen-bond donors (Lipinski definition) is 1. The van der Waals surface area contributed by atoms with Crippen LogP contribution in [0.1, 0.15) is 33.1 Å². The first-order chi connectivity index (χ1) is 11.9. The Morgan fingerprint density at radius 3 is 2.64 bits per heavy atom. The minimum atomic E-state index is -0.783. The molecule has 138 valence electrons. The van der Waals surface area contributed by atoms with E-state index in [-0.39, 0.29) is 29.7 Å². The van der Waals surface area contributed by atoms with Gasteiger partial charge in [-0.25, -0.2) is 4.79 Å². The highest BCUT2D eigenvalue weighted by atomic mass is 16.7. The first kappa shape index (κ1) is 17.9. The second-order valence-corrected chi connectivity index (χ2v) is 6.72. The number of β-lactam (4-membered cyclic amide) rings is 1. The SMILES string of the molecule is COC1CCCC2C1=C(C(=O)OCOC(C)=O)N1C(=O)C(C(C)O)C21. The topological polar surface area (TPSA) is 102 Å². The minimum Gasteiger partial charge on any atom is -0.428 e. The third-order valence-corrected chi connectivity index (χ3v) is 5.29. The van der Waals surface area contributed by atoms with Crippen LogP contribution < -0.4 is 0 Å². The van der Waals surface area contributed by atoms with E-state index >= 15 is 0 Å². The lowest BCUT2D eigenvalue weighted by Crippen LogP contribution is -2.64. The molecule has 1 aliphatic carbocycles. The zero-order valence-electron chi connectivity index (χ0n) is 14.6. The van der Waals surface area contributed by atoms with Gasteiger partial charge >= 0.3 is 11.9 Å². The second kappa shape index (κ2) is 6.76. The molecule has 8 heteroatoms. The summed E-state index contributed by atoms with van der Waals surface area (Å²) in [6.45, 7) is 2.30. The Hall–Kier alpha value is -1.93. The van der Waals surface area contributed by atoms with Gasteiger partial charge < -0.3 is 24.2 Å². The van der Waals surface area contributed by atoms with Crippen molar-refractivity contribution in [3.63, 3.8) is 0 Å². The molecular formula is C17H23NO7. The minimum absolute atomic E-state index is 0.0210. The first-order valence-corrected chi connectivity index (χ1v) is 8.47. The molecule has 1 N–H and O–H groups in total. The largest absolute Gasteiger partial charge is 0.428 e. The van der Waals surface area contributed by atoms with Gasteiger partial charge in [0.15, 0.2) is 0 Å². The number of aliphatic hydroxyl groups is 1. The van der Waals surface area contributed by atoms with E-state index in [1.807, 2.05) is 0 Å². The molecule has 2 aliphatic heterocycles. The molecule has 1 saturated carbocycles. The summed E-state index contributed by atoms with van der Waals surface area (Å²) in [5.74, 6) is -2.09. The maximum absolute atomic E-state index is 12.6. The highest BCUT2D eigenvalue weighted by molar-refractivity contribution is 6.01. The molecule has 8 nitrogen and oxygen atoms in total. The Kier molecular flexibility index (Phi) is 4.83. The number of esters is 2. The molecule has 1 saturated heterocycles. The molecule has 0 aromatic carbocycles. The summed E-state index contributed by atoms with van der Waals surface area (Å²) >= 11 is 0. The third kappa shape index (κ3) is 2.83. The van der Waals surface area contributed by atoms with Crippen LogP contribution in [0, 0.1) is 11.8 Å². The summed E-state index contributed by atoms with van der Waals surface area (Å²) < 4.78 is 15.2. The van der Waals surface area contributed by atoms with Crippen molar-refractivity contribution in [1.29, 1.82) is 0 Å². The number of hydrogen-bond acceptors (Lipinski definition) is 7. The molecule has 0 spiro atoms. The van der Waals surface area contributed by atoms with Crippen molar-refractivity contribution in [1.82, 2.24) is 4.90 Å². The molecule has 0 radical (unpaired) electrons. The molecule has 0 aromatic heterocycles. The van der Waals surface area contributed by atoms with Gasteiger partial charge in [0, 0.05) is 20.0 Å². The van der Waals surface area contributed by atoms with E-state index in [4.69, 9.17) is 9.47 Å². The normalized spacial score (nSPS) is 31.8. The first-order valence-electron chi connectivity index (χ1n) is 8.47. The van der Waals surface area contributed by atoms with Crippen LogP contribution in [-0.2, 0) is 28.6 Å². The molecule has 5 atom stereocenters. The lowest BCUT2D eigenvalue weighted by molar-refractivity contribution is -0.171. The van der Waals surface area contributed by atoms with E-state index in [9.17, 15) is 19.5 Å². The van der Waals surface area contributed by atoms with Crippen LogP contribution in [0.25, 0.3) is 0 Å². The predicted octanol–water partition coefficient (Wildman–Crippen LogP) is 0.341. The molecule has 2 fully saturated rings. The van der Waals surface area contributed by atoms with E-state index in [0.29, 0.717) is 0 Å². The monoisotopic (exact) mass is 353 g/mol. The van der Waals surface area contributed by atoms with Crippen LogP contribution in [-0.4, -0.2) is 60.0 Å². The van der Waals surface area contributed by atoms with Gasteiger partial charge in [-0.15, -0.1) is 0 Å². The van der Waals surface area contributed by atoms with Crippen molar-refractivity contribution in [2.75, 3.05) is 13.9 Å². The van der Waals surface area contributed by atoms with Gasteiger partial charge in [-0.1, -0.05) is 0 Å². The highest BCUT2D eigenvalue weighted by Crippen LogP contribution is 2.52. The quantitative estimate of drug-likeness (QED) is 0.432. The molecule has 0 bridgehead atoms. The fourth-order valence-electron chi connectivity index (χ4n) is 4.30. The zero-order chi connectivity index (χ0) is 18.3. The number of nitrogens with zero attached hydrogens (tertiary/aromatic N) is 1. The van der Waals surface area contributed by atoms with Gasteiger partial charge in [-0.05, 0) is 31.8 Å². The van der Waals surface area contributed by atoms with E-state index in [0.717, 1.165) is 24.8 Å². The van der Waals surface area contributed by atoms with Gasteiger partial charge in [0.1, 0.15) is 5.70 Å². The summed E-state index contributed by atoms with van der Waals surface area (Å²) in [4.78, 5) is 37.4. The maximum Gasteiger partial charge on any atom is 0.357 e. The van der Waals surface area contributed by atoms with Crippen LogP contribution in [0.4, 0.5) is 0 Å². The fraction of sp³-hybridized carbons (Fsp3) is 0.706. The molecule has 0 aromatic rings. The Balaban J connectivity index is 1.90. The number of carbonyl (C=O) groups excluding carboxylic acids is 3. The van der Waals surface area contributed by atoms with Crippen molar-refractivity contribution in [2.24, 2.45) is 11.8 Å². The Bertz CT molecular complexity index is 626. The Morgan fingerprint density at radius 1 is 1.32 bits per heavy atom.